The highest BCUT2D eigenvalue weighted by Crippen LogP contribution is 2.48. The molecule has 0 unspecified atom stereocenters. The Morgan fingerprint density at radius 3 is 2.42 bits per heavy atom. The van der Waals surface area contributed by atoms with Gasteiger partial charge in [-0.25, -0.2) is 4.79 Å². The highest BCUT2D eigenvalue weighted by molar-refractivity contribution is 9.10. The number of phenols is 1. The Bertz CT molecular complexity index is 1370. The van der Waals surface area contributed by atoms with Crippen molar-refractivity contribution in [2.24, 2.45) is 0 Å². The van der Waals surface area contributed by atoms with Gasteiger partial charge < -0.3 is 34.1 Å². The summed E-state index contributed by atoms with van der Waals surface area (Å²) in [7, 11) is 4.69. The molecule has 10 heteroatoms. The first kappa shape index (κ1) is 29.5. The summed E-state index contributed by atoms with van der Waals surface area (Å²) in [5.41, 5.74) is 3.74. The average Bonchev–Trinajstić information content (AvgIpc) is 2.94. The van der Waals surface area contributed by atoms with Gasteiger partial charge in [-0.05, 0) is 77.5 Å². The second kappa shape index (κ2) is 12.8. The topological polar surface area (TPSA) is 113 Å². The van der Waals surface area contributed by atoms with E-state index in [1.165, 1.54) is 7.11 Å². The molecule has 2 aliphatic rings. The number of benzene rings is 2. The number of esters is 1. The maximum Gasteiger partial charge on any atom is 0.336 e. The van der Waals surface area contributed by atoms with Gasteiger partial charge in [-0.15, -0.1) is 0 Å². The summed E-state index contributed by atoms with van der Waals surface area (Å²) in [4.78, 5) is 27.3. The second-order valence-corrected chi connectivity index (χ2v) is 10.4. The fourth-order valence-electron chi connectivity index (χ4n) is 5.31. The fourth-order valence-corrected chi connectivity index (χ4v) is 5.77. The number of carbonyl (C=O) groups excluding carboxylic acids is 2. The number of allylic oxidation sites excluding steroid dienone is 3. The molecule has 40 heavy (non-hydrogen) atoms. The molecule has 214 valence electrons. The first-order valence-electron chi connectivity index (χ1n) is 13.0. The molecule has 1 aliphatic heterocycles. The number of aromatic hydroxyl groups is 1. The molecule has 2 aromatic carbocycles. The first-order valence-corrected chi connectivity index (χ1v) is 13.8. The number of nitrogens with one attached hydrogen (secondary N) is 1. The lowest BCUT2D eigenvalue weighted by Crippen LogP contribution is -2.36. The summed E-state index contributed by atoms with van der Waals surface area (Å²) in [5.74, 6) is -0.0512. The molecule has 0 spiro atoms. The molecule has 1 aliphatic carbocycles. The summed E-state index contributed by atoms with van der Waals surface area (Å²) < 4.78 is 27.5. The minimum absolute atomic E-state index is 0.0536. The van der Waals surface area contributed by atoms with Crippen LogP contribution < -0.4 is 19.5 Å². The molecule has 0 bridgehead atoms. The van der Waals surface area contributed by atoms with Crippen LogP contribution in [0.25, 0.3) is 0 Å². The van der Waals surface area contributed by atoms with Crippen LogP contribution in [0, 0.1) is 0 Å². The fraction of sp³-hybridized carbons (Fsp3) is 0.400. The quantitative estimate of drug-likeness (QED) is 0.278. The van der Waals surface area contributed by atoms with E-state index in [0.29, 0.717) is 51.4 Å². The van der Waals surface area contributed by atoms with Crippen molar-refractivity contribution in [3.63, 3.8) is 0 Å². The van der Waals surface area contributed by atoms with Gasteiger partial charge in [-0.3, -0.25) is 4.79 Å². The molecule has 2 N–H and O–H groups in total. The van der Waals surface area contributed by atoms with Crippen LogP contribution in [0.1, 0.15) is 49.7 Å². The molecular formula is C30H34BrNO8. The SMILES string of the molecule is CCOc1cc([C@H]2C(C(=O)OCCOC)=C(C)NC3=C2C(=O)C[C@H](c2ccc(OC)c(OC)c2)C3)cc(Br)c1O. The van der Waals surface area contributed by atoms with Crippen molar-refractivity contribution in [2.45, 2.75) is 38.5 Å². The molecule has 0 radical (unpaired) electrons. The predicted octanol–water partition coefficient (Wildman–Crippen LogP) is 5.12. The van der Waals surface area contributed by atoms with Crippen molar-refractivity contribution < 1.29 is 38.4 Å². The average molecular weight is 617 g/mol. The number of carbonyl (C=O) groups is 2. The molecule has 4 rings (SSSR count). The summed E-state index contributed by atoms with van der Waals surface area (Å²) in [6, 6.07) is 9.06. The molecule has 2 aromatic rings. The summed E-state index contributed by atoms with van der Waals surface area (Å²) in [6.45, 7) is 4.26. The summed E-state index contributed by atoms with van der Waals surface area (Å²) in [5, 5.41) is 13.9. The largest absolute Gasteiger partial charge is 0.503 e. The van der Waals surface area contributed by atoms with E-state index in [9.17, 15) is 14.7 Å². The highest BCUT2D eigenvalue weighted by Gasteiger charge is 2.42. The number of hydrogen-bond donors (Lipinski definition) is 2. The van der Waals surface area contributed by atoms with E-state index >= 15 is 0 Å². The molecule has 9 nitrogen and oxygen atoms in total. The number of hydrogen-bond acceptors (Lipinski definition) is 9. The third-order valence-corrected chi connectivity index (χ3v) is 7.74. The molecule has 2 atom stereocenters. The van der Waals surface area contributed by atoms with Crippen molar-refractivity contribution in [3.8, 4) is 23.0 Å². The van der Waals surface area contributed by atoms with Crippen LogP contribution in [0.5, 0.6) is 23.0 Å². The number of Topliss-reactive ketones (excluding diaryl/α,β-unsaturated/α-hetero) is 1. The number of dihydropyridines is 1. The van der Waals surface area contributed by atoms with Crippen molar-refractivity contribution in [2.75, 3.05) is 41.2 Å². The van der Waals surface area contributed by atoms with E-state index in [0.717, 1.165) is 11.3 Å². The molecule has 0 aromatic heterocycles. The monoisotopic (exact) mass is 615 g/mol. The van der Waals surface area contributed by atoms with E-state index in [1.54, 1.807) is 33.3 Å². The smallest absolute Gasteiger partial charge is 0.336 e. The zero-order chi connectivity index (χ0) is 29.0. The van der Waals surface area contributed by atoms with Crippen molar-refractivity contribution in [1.82, 2.24) is 5.32 Å². The van der Waals surface area contributed by atoms with Crippen LogP contribution in [0.2, 0.25) is 0 Å². The Labute approximate surface area is 242 Å². The zero-order valence-corrected chi connectivity index (χ0v) is 24.8. The Morgan fingerprint density at radius 1 is 1.02 bits per heavy atom. The van der Waals surface area contributed by atoms with Crippen molar-refractivity contribution in [1.29, 1.82) is 0 Å². The summed E-state index contributed by atoms with van der Waals surface area (Å²) >= 11 is 3.41. The molecule has 0 saturated carbocycles. The van der Waals surface area contributed by atoms with Crippen LogP contribution in [-0.2, 0) is 19.1 Å². The minimum atomic E-state index is -0.721. The standard InChI is InChI=1S/C30H34BrNO8/c1-6-39-25-15-19(11-20(31)29(25)34)27-26(30(35)40-10-9-36-3)16(2)32-21-12-18(13-22(33)28(21)27)17-7-8-23(37-4)24(14-17)38-5/h7-8,11,14-15,18,27,32,34H,6,9-10,12-13H2,1-5H3/t18-,27+/m1/s1. The Morgan fingerprint density at radius 2 is 1.75 bits per heavy atom. The zero-order valence-electron chi connectivity index (χ0n) is 23.3. The van der Waals surface area contributed by atoms with Gasteiger partial charge in [0.1, 0.15) is 6.61 Å². The molecule has 0 amide bonds. The van der Waals surface area contributed by atoms with Crippen molar-refractivity contribution in [3.05, 3.63) is 68.5 Å². The Hall–Kier alpha value is -3.50. The van der Waals surface area contributed by atoms with E-state index in [4.69, 9.17) is 23.7 Å². The van der Waals surface area contributed by atoms with Gasteiger partial charge in [0.25, 0.3) is 0 Å². The van der Waals surface area contributed by atoms with Crippen LogP contribution in [0.4, 0.5) is 0 Å². The van der Waals surface area contributed by atoms with Crippen LogP contribution >= 0.6 is 15.9 Å². The maximum atomic E-state index is 13.9. The van der Waals surface area contributed by atoms with Crippen LogP contribution in [0.3, 0.4) is 0 Å². The van der Waals surface area contributed by atoms with E-state index in [-0.39, 0.29) is 42.8 Å². The van der Waals surface area contributed by atoms with Gasteiger partial charge in [0.15, 0.2) is 28.8 Å². The third kappa shape index (κ3) is 5.83. The van der Waals surface area contributed by atoms with Gasteiger partial charge in [-0.2, -0.15) is 0 Å². The number of halogens is 1. The van der Waals surface area contributed by atoms with Gasteiger partial charge in [0.2, 0.25) is 0 Å². The Kier molecular flexibility index (Phi) is 9.42. The van der Waals surface area contributed by atoms with E-state index in [1.807, 2.05) is 25.1 Å². The first-order chi connectivity index (χ1) is 19.2. The number of rotatable bonds is 10. The minimum Gasteiger partial charge on any atom is -0.503 e. The number of phenolic OH excluding ortho intramolecular Hbond substituents is 1. The van der Waals surface area contributed by atoms with Crippen molar-refractivity contribution >= 4 is 27.7 Å². The molecular weight excluding hydrogens is 582 g/mol. The third-order valence-electron chi connectivity index (χ3n) is 7.13. The highest BCUT2D eigenvalue weighted by atomic mass is 79.9. The van der Waals surface area contributed by atoms with Gasteiger partial charge >= 0.3 is 5.97 Å². The normalized spacial score (nSPS) is 18.7. The van der Waals surface area contributed by atoms with Crippen LogP contribution in [0.15, 0.2) is 57.3 Å². The lowest BCUT2D eigenvalue weighted by Gasteiger charge is -2.37. The number of ketones is 1. The molecule has 0 saturated heterocycles. The van der Waals surface area contributed by atoms with Gasteiger partial charge in [0, 0.05) is 36.4 Å². The van der Waals surface area contributed by atoms with E-state index in [2.05, 4.69) is 21.2 Å². The van der Waals surface area contributed by atoms with Gasteiger partial charge in [-0.1, -0.05) is 6.07 Å². The van der Waals surface area contributed by atoms with E-state index < -0.39 is 11.9 Å². The van der Waals surface area contributed by atoms with Crippen LogP contribution in [-0.4, -0.2) is 58.0 Å². The van der Waals surface area contributed by atoms with Gasteiger partial charge in [0.05, 0.1) is 37.5 Å². The predicted molar refractivity (Wildman–Crippen MR) is 152 cm³/mol. The summed E-state index contributed by atoms with van der Waals surface area (Å²) in [6.07, 6.45) is 0.795. The maximum absolute atomic E-state index is 13.9. The number of ether oxygens (including phenoxy) is 5. The Balaban J connectivity index is 1.81. The second-order valence-electron chi connectivity index (χ2n) is 9.54. The lowest BCUT2D eigenvalue weighted by atomic mass is 9.71. The molecule has 0 fully saturated rings. The number of methoxy groups -OCH3 is 3. The molecule has 1 heterocycles. The lowest BCUT2D eigenvalue weighted by molar-refractivity contribution is -0.140.